The van der Waals surface area contributed by atoms with Crippen molar-refractivity contribution in [2.24, 2.45) is 0 Å². The first-order valence-electron chi connectivity index (χ1n) is 12.3. The number of amides is 1. The highest BCUT2D eigenvalue weighted by Gasteiger charge is 2.41. The van der Waals surface area contributed by atoms with Gasteiger partial charge in [0.25, 0.3) is 0 Å². The lowest BCUT2D eigenvalue weighted by molar-refractivity contribution is -0.137. The molecule has 0 saturated carbocycles. The van der Waals surface area contributed by atoms with Crippen LogP contribution < -0.4 is 0 Å². The van der Waals surface area contributed by atoms with Gasteiger partial charge in [0.15, 0.2) is 8.32 Å². The van der Waals surface area contributed by atoms with Crippen molar-refractivity contribution in [2.45, 2.75) is 90.2 Å². The van der Waals surface area contributed by atoms with Crippen LogP contribution in [0.25, 0.3) is 0 Å². The van der Waals surface area contributed by atoms with Crippen LogP contribution in [0, 0.1) is 0 Å². The minimum atomic E-state index is -2.04. The molecule has 1 aliphatic rings. The van der Waals surface area contributed by atoms with Crippen molar-refractivity contribution < 1.29 is 14.3 Å². The molecule has 0 fully saturated rings. The molecule has 2 aromatic rings. The summed E-state index contributed by atoms with van der Waals surface area (Å²) in [4.78, 5) is 15.8. The molecule has 7 heteroatoms. The minimum Gasteiger partial charge on any atom is -0.415 e. The molecule has 0 bridgehead atoms. The highest BCUT2D eigenvalue weighted by molar-refractivity contribution is 6.74. The van der Waals surface area contributed by atoms with E-state index in [9.17, 15) is 9.90 Å². The number of carbonyl (C=O) groups excluding carboxylic acids is 1. The number of hydrogen-bond acceptors (Lipinski definition) is 3. The molecule has 4 nitrogen and oxygen atoms in total. The Morgan fingerprint density at radius 2 is 1.66 bits per heavy atom. The Hall–Kier alpha value is -1.37. The lowest BCUT2D eigenvalue weighted by Crippen LogP contribution is -2.52. The predicted molar refractivity (Wildman–Crippen MR) is 148 cm³/mol. The van der Waals surface area contributed by atoms with Crippen molar-refractivity contribution >= 4 is 37.4 Å². The third-order valence-corrected chi connectivity index (χ3v) is 12.9. The Labute approximate surface area is 221 Å². The van der Waals surface area contributed by atoms with Crippen LogP contribution in [0.1, 0.15) is 69.8 Å². The van der Waals surface area contributed by atoms with Crippen LogP contribution in [0.15, 0.2) is 36.4 Å². The van der Waals surface area contributed by atoms with Gasteiger partial charge in [0, 0.05) is 10.0 Å². The van der Waals surface area contributed by atoms with Crippen LogP contribution >= 0.6 is 23.2 Å². The van der Waals surface area contributed by atoms with E-state index in [1.807, 2.05) is 30.9 Å². The first kappa shape index (κ1) is 28.2. The summed E-state index contributed by atoms with van der Waals surface area (Å²) < 4.78 is 6.63. The molecule has 0 aliphatic carbocycles. The highest BCUT2D eigenvalue weighted by atomic mass is 35.5. The quantitative estimate of drug-likeness (QED) is 0.394. The van der Waals surface area contributed by atoms with E-state index in [1.54, 1.807) is 18.2 Å². The van der Waals surface area contributed by atoms with E-state index >= 15 is 0 Å². The molecule has 1 amide bonds. The summed E-state index contributed by atoms with van der Waals surface area (Å²) in [6.45, 7) is 17.2. The summed E-state index contributed by atoms with van der Waals surface area (Å²) in [6, 6.07) is 11.0. The van der Waals surface area contributed by atoms with Gasteiger partial charge in [-0.3, -0.25) is 4.79 Å². The third kappa shape index (κ3) is 5.97. The molecule has 0 unspecified atom stereocenters. The number of benzene rings is 2. The Morgan fingerprint density at radius 3 is 2.20 bits per heavy atom. The Bertz CT molecular complexity index is 1070. The number of rotatable bonds is 6. The standard InChI is InChI=1S/C28H39Cl2NO3Si/c1-18-20-11-9-12-23(28(5,6)33)21(20)15-19(17-34-35(7,8)27(2,3)4)31(18)26(32)16-22-24(29)13-10-14-25(22)30/h9-14,18-19,33H,15-17H2,1-8H3/t18-,19+/m0/s1. The molecule has 0 radical (unpaired) electrons. The molecule has 3 rings (SSSR count). The van der Waals surface area contributed by atoms with Gasteiger partial charge < -0.3 is 14.4 Å². The largest absolute Gasteiger partial charge is 0.415 e. The zero-order valence-corrected chi connectivity index (χ0v) is 24.7. The monoisotopic (exact) mass is 535 g/mol. The molecule has 2 aromatic carbocycles. The van der Waals surface area contributed by atoms with Crippen molar-refractivity contribution in [1.29, 1.82) is 0 Å². The van der Waals surface area contributed by atoms with E-state index < -0.39 is 13.9 Å². The van der Waals surface area contributed by atoms with Gasteiger partial charge in [-0.15, -0.1) is 0 Å². The van der Waals surface area contributed by atoms with Gasteiger partial charge in [-0.05, 0) is 79.7 Å². The van der Waals surface area contributed by atoms with Gasteiger partial charge in [-0.1, -0.05) is 68.2 Å². The van der Waals surface area contributed by atoms with Crippen molar-refractivity contribution in [2.75, 3.05) is 6.61 Å². The normalized spacial score (nSPS) is 19.0. The Kier molecular flexibility index (Phi) is 8.20. The fourth-order valence-electron chi connectivity index (χ4n) is 4.62. The van der Waals surface area contributed by atoms with Crippen molar-refractivity contribution in [3.63, 3.8) is 0 Å². The molecule has 0 spiro atoms. The van der Waals surface area contributed by atoms with Gasteiger partial charge in [0.05, 0.1) is 30.7 Å². The smallest absolute Gasteiger partial charge is 0.227 e. The lowest BCUT2D eigenvalue weighted by Gasteiger charge is -2.45. The molecule has 1 aliphatic heterocycles. The average molecular weight is 537 g/mol. The summed E-state index contributed by atoms with van der Waals surface area (Å²) in [5.74, 6) is -0.0318. The summed E-state index contributed by atoms with van der Waals surface area (Å²) >= 11 is 12.8. The lowest BCUT2D eigenvalue weighted by atomic mass is 9.81. The molecule has 192 valence electrons. The second kappa shape index (κ2) is 10.2. The predicted octanol–water partition coefficient (Wildman–Crippen LogP) is 7.30. The van der Waals surface area contributed by atoms with Gasteiger partial charge in [-0.25, -0.2) is 0 Å². The van der Waals surface area contributed by atoms with E-state index in [0.717, 1.165) is 16.7 Å². The highest BCUT2D eigenvalue weighted by Crippen LogP contribution is 2.41. The summed E-state index contributed by atoms with van der Waals surface area (Å²) in [6.07, 6.45) is 0.746. The molecule has 1 N–H and O–H groups in total. The van der Waals surface area contributed by atoms with Crippen molar-refractivity contribution in [1.82, 2.24) is 4.90 Å². The van der Waals surface area contributed by atoms with Crippen molar-refractivity contribution in [3.05, 3.63) is 68.7 Å². The van der Waals surface area contributed by atoms with Gasteiger partial charge >= 0.3 is 0 Å². The molecule has 0 saturated heterocycles. The minimum absolute atomic E-state index is 0.0318. The number of aliphatic hydroxyl groups is 1. The average Bonchev–Trinajstić information content (AvgIpc) is 2.73. The topological polar surface area (TPSA) is 49.8 Å². The van der Waals surface area contributed by atoms with E-state index in [0.29, 0.717) is 28.6 Å². The maximum Gasteiger partial charge on any atom is 0.227 e. The van der Waals surface area contributed by atoms with Crippen LogP contribution in [-0.4, -0.2) is 36.9 Å². The van der Waals surface area contributed by atoms with E-state index in [4.69, 9.17) is 27.6 Å². The number of hydrogen-bond donors (Lipinski definition) is 1. The van der Waals surface area contributed by atoms with Crippen LogP contribution in [0.4, 0.5) is 0 Å². The number of halogens is 2. The molecular weight excluding hydrogens is 497 g/mol. The van der Waals surface area contributed by atoms with Crippen LogP contribution in [0.5, 0.6) is 0 Å². The third-order valence-electron chi connectivity index (χ3n) is 7.69. The fraction of sp³-hybridized carbons (Fsp3) is 0.536. The number of fused-ring (bicyclic) bond motifs is 1. The van der Waals surface area contributed by atoms with Crippen LogP contribution in [-0.2, 0) is 27.7 Å². The second-order valence-corrected chi connectivity index (χ2v) is 17.3. The Balaban J connectivity index is 2.02. The summed E-state index contributed by atoms with van der Waals surface area (Å²) in [5, 5.41) is 11.9. The maximum absolute atomic E-state index is 13.8. The molecular formula is C28H39Cl2NO3Si. The zero-order chi connectivity index (χ0) is 26.3. The molecule has 35 heavy (non-hydrogen) atoms. The molecule has 1 heterocycles. The SMILES string of the molecule is C[C@H]1c2cccc(C(C)(C)O)c2C[C@H](CO[Si](C)(C)C(C)(C)C)N1C(=O)Cc1c(Cl)cccc1Cl. The van der Waals surface area contributed by atoms with Crippen LogP contribution in [0.2, 0.25) is 28.2 Å². The number of nitrogens with zero attached hydrogens (tertiary/aromatic N) is 1. The van der Waals surface area contributed by atoms with E-state index in [1.165, 1.54) is 0 Å². The zero-order valence-electron chi connectivity index (χ0n) is 22.2. The van der Waals surface area contributed by atoms with Gasteiger partial charge in [0.1, 0.15) is 0 Å². The Morgan fingerprint density at radius 1 is 1.09 bits per heavy atom. The fourth-order valence-corrected chi connectivity index (χ4v) is 6.19. The second-order valence-electron chi connectivity index (χ2n) is 11.7. The molecule has 0 aromatic heterocycles. The van der Waals surface area contributed by atoms with E-state index in [2.05, 4.69) is 46.9 Å². The van der Waals surface area contributed by atoms with Crippen molar-refractivity contribution in [3.8, 4) is 0 Å². The molecule has 2 atom stereocenters. The van der Waals surface area contributed by atoms with Crippen LogP contribution in [0.3, 0.4) is 0 Å². The summed E-state index contributed by atoms with van der Waals surface area (Å²) in [7, 11) is -2.04. The first-order valence-corrected chi connectivity index (χ1v) is 15.9. The van der Waals surface area contributed by atoms with Gasteiger partial charge in [0.2, 0.25) is 5.91 Å². The van der Waals surface area contributed by atoms with E-state index in [-0.39, 0.29) is 29.4 Å². The first-order chi connectivity index (χ1) is 16.0. The summed E-state index contributed by atoms with van der Waals surface area (Å²) in [5.41, 5.74) is 2.74. The maximum atomic E-state index is 13.8. The van der Waals surface area contributed by atoms with Gasteiger partial charge in [-0.2, -0.15) is 0 Å². The number of carbonyl (C=O) groups is 1.